The number of benzene rings is 2. The van der Waals surface area contributed by atoms with E-state index in [4.69, 9.17) is 10.3 Å². The van der Waals surface area contributed by atoms with E-state index in [1.54, 1.807) is 24.3 Å². The van der Waals surface area contributed by atoms with Gasteiger partial charge in [0.15, 0.2) is 0 Å². The van der Waals surface area contributed by atoms with Crippen LogP contribution in [0.15, 0.2) is 54.6 Å². The van der Waals surface area contributed by atoms with Gasteiger partial charge in [0.25, 0.3) is 5.69 Å². The first-order valence-electron chi connectivity index (χ1n) is 7.68. The third kappa shape index (κ3) is 5.27. The van der Waals surface area contributed by atoms with Crippen molar-refractivity contribution in [3.63, 3.8) is 0 Å². The lowest BCUT2D eigenvalue weighted by Gasteiger charge is -2.08. The zero-order chi connectivity index (χ0) is 17.4. The lowest BCUT2D eigenvalue weighted by molar-refractivity contribution is -0.385. The summed E-state index contributed by atoms with van der Waals surface area (Å²) in [4.78, 5) is 10.4. The van der Waals surface area contributed by atoms with Crippen molar-refractivity contribution in [3.05, 3.63) is 75.8 Å². The van der Waals surface area contributed by atoms with Crippen molar-refractivity contribution in [2.45, 2.75) is 19.1 Å². The molecule has 0 amide bonds. The number of aliphatic hydroxyl groups excluding tert-OH is 1. The number of rotatable bonds is 3. The molecule has 0 aliphatic carbocycles. The largest absolute Gasteiger partial charge is 0.376 e. The van der Waals surface area contributed by atoms with Crippen LogP contribution in [0.1, 0.15) is 24.0 Å². The molecule has 0 radical (unpaired) electrons. The number of para-hydroxylation sites is 1. The lowest BCUT2D eigenvalue weighted by Crippen LogP contribution is -2.24. The van der Waals surface area contributed by atoms with Gasteiger partial charge in [-0.3, -0.25) is 10.1 Å². The van der Waals surface area contributed by atoms with E-state index in [1.807, 2.05) is 36.4 Å². The van der Waals surface area contributed by atoms with Crippen LogP contribution in [-0.2, 0) is 0 Å². The normalized spacial score (nSPS) is 17.5. The molecular weight excluding hydrogens is 308 g/mol. The topological polar surface area (TPSA) is 86.8 Å². The van der Waals surface area contributed by atoms with Gasteiger partial charge in [-0.05, 0) is 30.5 Å². The van der Waals surface area contributed by atoms with Gasteiger partial charge in [-0.2, -0.15) is 5.06 Å². The van der Waals surface area contributed by atoms with Crippen LogP contribution < -0.4 is 0 Å². The minimum Gasteiger partial charge on any atom is -0.376 e. The van der Waals surface area contributed by atoms with E-state index in [1.165, 1.54) is 6.07 Å². The Hall–Kier alpha value is -2.54. The second-order valence-corrected chi connectivity index (χ2v) is 5.35. The van der Waals surface area contributed by atoms with Gasteiger partial charge in [-0.1, -0.05) is 48.5 Å². The third-order valence-corrected chi connectivity index (χ3v) is 3.58. The van der Waals surface area contributed by atoms with Crippen LogP contribution in [0.5, 0.6) is 0 Å². The first-order valence-corrected chi connectivity index (χ1v) is 7.68. The minimum absolute atomic E-state index is 0.125. The molecule has 3 rings (SSSR count). The number of hydroxylamine groups is 2. The zero-order valence-corrected chi connectivity index (χ0v) is 13.2. The van der Waals surface area contributed by atoms with Gasteiger partial charge in [0, 0.05) is 12.6 Å². The molecule has 126 valence electrons. The van der Waals surface area contributed by atoms with E-state index in [-0.39, 0.29) is 10.6 Å². The molecule has 1 saturated heterocycles. The molecule has 6 heteroatoms. The van der Waals surface area contributed by atoms with E-state index in [0.29, 0.717) is 18.5 Å². The van der Waals surface area contributed by atoms with Gasteiger partial charge in [-0.25, -0.2) is 0 Å². The lowest BCUT2D eigenvalue weighted by atomic mass is 10.1. The van der Waals surface area contributed by atoms with Crippen LogP contribution in [0.3, 0.4) is 0 Å². The van der Waals surface area contributed by atoms with Crippen molar-refractivity contribution in [2.24, 2.45) is 0 Å². The van der Waals surface area contributed by atoms with Crippen LogP contribution in [-0.4, -0.2) is 33.1 Å². The molecule has 6 nitrogen and oxygen atoms in total. The molecule has 2 aromatic rings. The Kier molecular flexibility index (Phi) is 6.62. The Balaban J connectivity index is 0.000000249. The summed E-state index contributed by atoms with van der Waals surface area (Å²) in [5, 5.41) is 29.0. The Bertz CT molecular complexity index is 680. The molecule has 0 spiro atoms. The molecule has 0 bridgehead atoms. The molecule has 0 saturated carbocycles. The first-order chi connectivity index (χ1) is 11.6. The predicted molar refractivity (Wildman–Crippen MR) is 92.2 cm³/mol. The smallest absolute Gasteiger partial charge is 0.276 e. The van der Waals surface area contributed by atoms with Crippen molar-refractivity contribution >= 4 is 17.8 Å². The first kappa shape index (κ1) is 17.8. The summed E-state index contributed by atoms with van der Waals surface area (Å²) >= 11 is 0. The minimum atomic E-state index is -0.597. The van der Waals surface area contributed by atoms with Crippen molar-refractivity contribution in [3.8, 4) is 0 Å². The molecule has 1 unspecified atom stereocenters. The van der Waals surface area contributed by atoms with E-state index in [2.05, 4.69) is 0 Å². The molecule has 1 aliphatic heterocycles. The van der Waals surface area contributed by atoms with Gasteiger partial charge >= 0.3 is 0 Å². The standard InChI is InChI=1S/C14H11NO2.C4H9NO2/c16-15(17)14-9-5-4-8-13(14)11-10-12-6-2-1-3-7-12;6-4-2-1-3-5(4)7/h1-11H;4,6-7H,1-3H2. The Morgan fingerprint density at radius 1 is 1.08 bits per heavy atom. The number of hydrogen-bond donors (Lipinski definition) is 2. The quantitative estimate of drug-likeness (QED) is 0.511. The fraction of sp³-hybridized carbons (Fsp3) is 0.222. The van der Waals surface area contributed by atoms with Crippen LogP contribution in [0.2, 0.25) is 0 Å². The van der Waals surface area contributed by atoms with Crippen LogP contribution in [0.4, 0.5) is 5.69 Å². The summed E-state index contributed by atoms with van der Waals surface area (Å²) in [5.74, 6) is 0. The summed E-state index contributed by atoms with van der Waals surface area (Å²) in [7, 11) is 0. The van der Waals surface area contributed by atoms with Gasteiger partial charge in [0.2, 0.25) is 0 Å². The number of nitro benzene ring substituents is 1. The van der Waals surface area contributed by atoms with Crippen molar-refractivity contribution in [2.75, 3.05) is 6.54 Å². The Morgan fingerprint density at radius 3 is 2.29 bits per heavy atom. The predicted octanol–water partition coefficient (Wildman–Crippen LogP) is 3.56. The average molecular weight is 328 g/mol. The average Bonchev–Trinajstić information content (AvgIpc) is 2.98. The fourth-order valence-corrected chi connectivity index (χ4v) is 2.28. The second-order valence-electron chi connectivity index (χ2n) is 5.35. The van der Waals surface area contributed by atoms with E-state index < -0.39 is 6.23 Å². The number of hydrogen-bond acceptors (Lipinski definition) is 5. The molecule has 24 heavy (non-hydrogen) atoms. The highest BCUT2D eigenvalue weighted by Gasteiger charge is 2.18. The summed E-state index contributed by atoms with van der Waals surface area (Å²) in [5.41, 5.74) is 1.76. The summed E-state index contributed by atoms with van der Waals surface area (Å²) in [6, 6.07) is 16.4. The SMILES string of the molecule is O=[N+]([O-])c1ccccc1C=Cc1ccccc1.OC1CCCN1O. The van der Waals surface area contributed by atoms with Crippen molar-refractivity contribution in [1.82, 2.24) is 5.06 Å². The zero-order valence-electron chi connectivity index (χ0n) is 13.2. The summed E-state index contributed by atoms with van der Waals surface area (Å²) in [6.45, 7) is 0.612. The molecule has 2 aromatic carbocycles. The molecule has 1 aliphatic rings. The molecular formula is C18H20N2O4. The maximum absolute atomic E-state index is 10.8. The maximum Gasteiger partial charge on any atom is 0.276 e. The summed E-state index contributed by atoms with van der Waals surface area (Å²) < 4.78 is 0. The highest BCUT2D eigenvalue weighted by molar-refractivity contribution is 5.73. The van der Waals surface area contributed by atoms with E-state index in [9.17, 15) is 10.1 Å². The third-order valence-electron chi connectivity index (χ3n) is 3.58. The van der Waals surface area contributed by atoms with Crippen molar-refractivity contribution < 1.29 is 15.2 Å². The molecule has 2 N–H and O–H groups in total. The number of nitro groups is 1. The van der Waals surface area contributed by atoms with Gasteiger partial charge in [0.1, 0.15) is 6.23 Å². The Morgan fingerprint density at radius 2 is 1.75 bits per heavy atom. The molecule has 1 heterocycles. The second kappa shape index (κ2) is 8.93. The molecule has 1 atom stereocenters. The number of aliphatic hydroxyl groups is 1. The van der Waals surface area contributed by atoms with E-state index in [0.717, 1.165) is 17.0 Å². The summed E-state index contributed by atoms with van der Waals surface area (Å²) in [6.07, 6.45) is 4.63. The monoisotopic (exact) mass is 328 g/mol. The van der Waals surface area contributed by atoms with Crippen LogP contribution in [0, 0.1) is 10.1 Å². The van der Waals surface area contributed by atoms with Crippen molar-refractivity contribution in [1.29, 1.82) is 0 Å². The maximum atomic E-state index is 10.8. The van der Waals surface area contributed by atoms with Crippen LogP contribution in [0.25, 0.3) is 12.2 Å². The van der Waals surface area contributed by atoms with E-state index >= 15 is 0 Å². The Labute approximate surface area is 140 Å². The fourth-order valence-electron chi connectivity index (χ4n) is 2.28. The number of nitrogens with zero attached hydrogens (tertiary/aromatic N) is 2. The molecule has 1 fully saturated rings. The van der Waals surface area contributed by atoms with Gasteiger partial charge in [0.05, 0.1) is 10.5 Å². The highest BCUT2D eigenvalue weighted by atomic mass is 16.6. The molecule has 0 aromatic heterocycles. The highest BCUT2D eigenvalue weighted by Crippen LogP contribution is 2.20. The van der Waals surface area contributed by atoms with Crippen LogP contribution >= 0.6 is 0 Å². The van der Waals surface area contributed by atoms with Gasteiger partial charge in [-0.15, -0.1) is 0 Å². The van der Waals surface area contributed by atoms with Gasteiger partial charge < -0.3 is 10.3 Å².